The third kappa shape index (κ3) is 4.30. The Morgan fingerprint density at radius 1 is 1.14 bits per heavy atom. The molecule has 112 valence electrons. The number of aryl methyl sites for hydroxylation is 2. The van der Waals surface area contributed by atoms with Crippen LogP contribution in [0.2, 0.25) is 0 Å². The van der Waals surface area contributed by atoms with Gasteiger partial charge in [0.1, 0.15) is 5.75 Å². The maximum absolute atomic E-state index is 5.92. The standard InChI is InChI=1S/C18H24N2O/c1-5-8-19-11-16-6-7-18(20-12-16)21-17-10-13(2)9-14(3)15(17)4/h6-7,9-10,12,19H,5,8,11H2,1-4H3. The highest BCUT2D eigenvalue weighted by Gasteiger charge is 2.06. The SMILES string of the molecule is CCCNCc1ccc(Oc2cc(C)cc(C)c2C)nc1. The van der Waals surface area contributed by atoms with Gasteiger partial charge >= 0.3 is 0 Å². The maximum Gasteiger partial charge on any atom is 0.219 e. The molecule has 0 amide bonds. The monoisotopic (exact) mass is 284 g/mol. The third-order valence-corrected chi connectivity index (χ3v) is 3.53. The van der Waals surface area contributed by atoms with Gasteiger partial charge in [-0.2, -0.15) is 0 Å². The highest BCUT2D eigenvalue weighted by atomic mass is 16.5. The lowest BCUT2D eigenvalue weighted by Gasteiger charge is -2.11. The average Bonchev–Trinajstić information content (AvgIpc) is 2.46. The minimum Gasteiger partial charge on any atom is -0.439 e. The molecule has 3 nitrogen and oxygen atoms in total. The molecule has 0 aliphatic heterocycles. The van der Waals surface area contributed by atoms with E-state index in [4.69, 9.17) is 4.74 Å². The van der Waals surface area contributed by atoms with Crippen LogP contribution in [0.15, 0.2) is 30.5 Å². The van der Waals surface area contributed by atoms with Crippen LogP contribution in [0.1, 0.15) is 35.6 Å². The number of pyridine rings is 1. The van der Waals surface area contributed by atoms with Crippen molar-refractivity contribution in [3.8, 4) is 11.6 Å². The van der Waals surface area contributed by atoms with Crippen LogP contribution in [0.25, 0.3) is 0 Å². The normalized spacial score (nSPS) is 10.7. The zero-order valence-corrected chi connectivity index (χ0v) is 13.4. The molecule has 1 aromatic heterocycles. The van der Waals surface area contributed by atoms with Crippen molar-refractivity contribution in [2.45, 2.75) is 40.7 Å². The van der Waals surface area contributed by atoms with Gasteiger partial charge in [0.2, 0.25) is 5.88 Å². The Balaban J connectivity index is 2.07. The van der Waals surface area contributed by atoms with Crippen LogP contribution < -0.4 is 10.1 Å². The molecular weight excluding hydrogens is 260 g/mol. The smallest absolute Gasteiger partial charge is 0.219 e. The molecular formula is C18H24N2O. The topological polar surface area (TPSA) is 34.1 Å². The average molecular weight is 284 g/mol. The molecule has 0 saturated carbocycles. The summed E-state index contributed by atoms with van der Waals surface area (Å²) in [5.41, 5.74) is 4.78. The van der Waals surface area contributed by atoms with Gasteiger partial charge in [0, 0.05) is 18.8 Å². The van der Waals surface area contributed by atoms with E-state index in [-0.39, 0.29) is 0 Å². The van der Waals surface area contributed by atoms with E-state index < -0.39 is 0 Å². The van der Waals surface area contributed by atoms with Crippen molar-refractivity contribution in [2.75, 3.05) is 6.54 Å². The number of nitrogens with zero attached hydrogens (tertiary/aromatic N) is 1. The first-order chi connectivity index (χ1) is 10.1. The zero-order chi connectivity index (χ0) is 15.2. The van der Waals surface area contributed by atoms with Gasteiger partial charge < -0.3 is 10.1 Å². The summed E-state index contributed by atoms with van der Waals surface area (Å²) in [4.78, 5) is 4.39. The highest BCUT2D eigenvalue weighted by molar-refractivity contribution is 5.43. The summed E-state index contributed by atoms with van der Waals surface area (Å²) in [6.45, 7) is 10.3. The Morgan fingerprint density at radius 3 is 2.62 bits per heavy atom. The first-order valence-electron chi connectivity index (χ1n) is 7.51. The Morgan fingerprint density at radius 2 is 1.95 bits per heavy atom. The van der Waals surface area contributed by atoms with Crippen LogP contribution in [0.4, 0.5) is 0 Å². The van der Waals surface area contributed by atoms with Crippen LogP contribution in [-0.2, 0) is 6.54 Å². The number of aromatic nitrogens is 1. The molecule has 0 spiro atoms. The second kappa shape index (κ2) is 7.23. The summed E-state index contributed by atoms with van der Waals surface area (Å²) in [7, 11) is 0. The van der Waals surface area contributed by atoms with E-state index in [1.54, 1.807) is 0 Å². The molecule has 0 radical (unpaired) electrons. The molecule has 0 atom stereocenters. The van der Waals surface area contributed by atoms with Crippen LogP contribution in [0.3, 0.4) is 0 Å². The van der Waals surface area contributed by atoms with Crippen LogP contribution >= 0.6 is 0 Å². The lowest BCUT2D eigenvalue weighted by Crippen LogP contribution is -2.13. The molecule has 0 aliphatic rings. The van der Waals surface area contributed by atoms with Crippen molar-refractivity contribution >= 4 is 0 Å². The molecule has 21 heavy (non-hydrogen) atoms. The van der Waals surface area contributed by atoms with E-state index in [0.717, 1.165) is 30.8 Å². The lowest BCUT2D eigenvalue weighted by molar-refractivity contribution is 0.458. The molecule has 1 aromatic carbocycles. The quantitative estimate of drug-likeness (QED) is 0.803. The van der Waals surface area contributed by atoms with E-state index in [1.807, 2.05) is 12.3 Å². The molecule has 0 saturated heterocycles. The van der Waals surface area contributed by atoms with Crippen molar-refractivity contribution in [3.63, 3.8) is 0 Å². The summed E-state index contributed by atoms with van der Waals surface area (Å²) >= 11 is 0. The van der Waals surface area contributed by atoms with Crippen molar-refractivity contribution in [3.05, 3.63) is 52.7 Å². The summed E-state index contributed by atoms with van der Waals surface area (Å²) in [5, 5.41) is 3.36. The second-order valence-corrected chi connectivity index (χ2v) is 5.49. The number of hydrogen-bond donors (Lipinski definition) is 1. The van der Waals surface area contributed by atoms with Crippen molar-refractivity contribution in [1.29, 1.82) is 0 Å². The maximum atomic E-state index is 5.92. The van der Waals surface area contributed by atoms with E-state index in [2.05, 4.69) is 56.2 Å². The van der Waals surface area contributed by atoms with Crippen molar-refractivity contribution in [2.24, 2.45) is 0 Å². The fraction of sp³-hybridized carbons (Fsp3) is 0.389. The number of hydrogen-bond acceptors (Lipinski definition) is 3. The van der Waals surface area contributed by atoms with Gasteiger partial charge in [-0.3, -0.25) is 0 Å². The molecule has 1 N–H and O–H groups in total. The van der Waals surface area contributed by atoms with E-state index in [1.165, 1.54) is 16.7 Å². The highest BCUT2D eigenvalue weighted by Crippen LogP contribution is 2.27. The summed E-state index contributed by atoms with van der Waals surface area (Å²) in [6, 6.07) is 8.21. The first-order valence-corrected chi connectivity index (χ1v) is 7.51. The molecule has 0 bridgehead atoms. The van der Waals surface area contributed by atoms with Crippen LogP contribution in [-0.4, -0.2) is 11.5 Å². The minimum atomic E-state index is 0.641. The Labute approximate surface area is 127 Å². The fourth-order valence-electron chi connectivity index (χ4n) is 2.20. The molecule has 3 heteroatoms. The Kier molecular flexibility index (Phi) is 5.34. The van der Waals surface area contributed by atoms with Gasteiger partial charge in [-0.25, -0.2) is 4.98 Å². The minimum absolute atomic E-state index is 0.641. The first kappa shape index (κ1) is 15.5. The van der Waals surface area contributed by atoms with Gasteiger partial charge in [-0.1, -0.05) is 19.1 Å². The number of ether oxygens (including phenoxy) is 1. The molecule has 2 rings (SSSR count). The summed E-state index contributed by atoms with van der Waals surface area (Å²) in [5.74, 6) is 1.53. The number of benzene rings is 1. The summed E-state index contributed by atoms with van der Waals surface area (Å²) < 4.78 is 5.92. The molecule has 1 heterocycles. The van der Waals surface area contributed by atoms with Crippen molar-refractivity contribution in [1.82, 2.24) is 10.3 Å². The van der Waals surface area contributed by atoms with Crippen molar-refractivity contribution < 1.29 is 4.74 Å². The van der Waals surface area contributed by atoms with Gasteiger partial charge in [0.25, 0.3) is 0 Å². The predicted molar refractivity (Wildman–Crippen MR) is 87.0 cm³/mol. The Hall–Kier alpha value is -1.87. The molecule has 0 aliphatic carbocycles. The molecule has 0 fully saturated rings. The van der Waals surface area contributed by atoms with E-state index in [0.29, 0.717) is 5.88 Å². The third-order valence-electron chi connectivity index (χ3n) is 3.53. The van der Waals surface area contributed by atoms with Gasteiger partial charge in [0.15, 0.2) is 0 Å². The predicted octanol–water partition coefficient (Wildman–Crippen LogP) is 4.30. The van der Waals surface area contributed by atoms with Gasteiger partial charge in [-0.15, -0.1) is 0 Å². The molecule has 0 unspecified atom stereocenters. The summed E-state index contributed by atoms with van der Waals surface area (Å²) in [6.07, 6.45) is 3.01. The van der Waals surface area contributed by atoms with Gasteiger partial charge in [0.05, 0.1) is 0 Å². The Bertz CT molecular complexity index is 591. The van der Waals surface area contributed by atoms with Gasteiger partial charge in [-0.05, 0) is 62.1 Å². The van der Waals surface area contributed by atoms with E-state index >= 15 is 0 Å². The number of nitrogens with one attached hydrogen (secondary N) is 1. The largest absolute Gasteiger partial charge is 0.439 e. The lowest BCUT2D eigenvalue weighted by atomic mass is 10.1. The van der Waals surface area contributed by atoms with Crippen LogP contribution in [0, 0.1) is 20.8 Å². The zero-order valence-electron chi connectivity index (χ0n) is 13.4. The fourth-order valence-corrected chi connectivity index (χ4v) is 2.20. The van der Waals surface area contributed by atoms with E-state index in [9.17, 15) is 0 Å². The second-order valence-electron chi connectivity index (χ2n) is 5.49. The van der Waals surface area contributed by atoms with Crippen LogP contribution in [0.5, 0.6) is 11.6 Å². The number of rotatable bonds is 6. The molecule has 2 aromatic rings.